The minimum Gasteiger partial charge on any atom is -0.454 e. The van der Waals surface area contributed by atoms with Gasteiger partial charge < -0.3 is 9.30 Å². The van der Waals surface area contributed by atoms with Crippen LogP contribution in [0.5, 0.6) is 11.5 Å². The van der Waals surface area contributed by atoms with Crippen LogP contribution in [0, 0.1) is 18.6 Å². The van der Waals surface area contributed by atoms with Gasteiger partial charge in [0.25, 0.3) is 5.56 Å². The standard InChI is InChI=1S/C25H21F2N5O4S2/c1-4-38(34,35)29-16-6-8-21(36-22-7-5-15(26)9-20(22)27)17(10-16)19-13-31(3)25(33)24-18(19)11-23(37-24)32-12-14(2)28-30-32/h5-13,29H,4H2,1-3H3. The van der Waals surface area contributed by atoms with E-state index in [0.717, 1.165) is 12.1 Å². The van der Waals surface area contributed by atoms with E-state index in [2.05, 4.69) is 15.0 Å². The predicted octanol–water partition coefficient (Wildman–Crippen LogP) is 4.99. The van der Waals surface area contributed by atoms with Crippen molar-refractivity contribution >= 4 is 37.1 Å². The fourth-order valence-corrected chi connectivity index (χ4v) is 5.53. The average molecular weight is 558 g/mol. The van der Waals surface area contributed by atoms with Crippen LogP contribution < -0.4 is 15.0 Å². The maximum Gasteiger partial charge on any atom is 0.268 e. The Morgan fingerprint density at radius 3 is 2.50 bits per heavy atom. The van der Waals surface area contributed by atoms with E-state index in [4.69, 9.17) is 4.74 Å². The van der Waals surface area contributed by atoms with Crippen LogP contribution in [-0.4, -0.2) is 33.7 Å². The number of nitrogens with zero attached hydrogens (tertiary/aromatic N) is 4. The molecule has 3 heterocycles. The molecule has 0 aliphatic heterocycles. The van der Waals surface area contributed by atoms with Gasteiger partial charge in [-0.1, -0.05) is 5.21 Å². The molecule has 5 aromatic rings. The number of fused-ring (bicyclic) bond motifs is 1. The highest BCUT2D eigenvalue weighted by atomic mass is 32.2. The van der Waals surface area contributed by atoms with Crippen molar-refractivity contribution in [2.45, 2.75) is 13.8 Å². The van der Waals surface area contributed by atoms with E-state index in [-0.39, 0.29) is 28.5 Å². The molecule has 13 heteroatoms. The lowest BCUT2D eigenvalue weighted by atomic mass is 10.0. The fraction of sp³-hybridized carbons (Fsp3) is 0.160. The highest BCUT2D eigenvalue weighted by Gasteiger charge is 2.20. The number of aromatic nitrogens is 4. The van der Waals surface area contributed by atoms with Crippen LogP contribution in [0.25, 0.3) is 26.2 Å². The van der Waals surface area contributed by atoms with Crippen molar-refractivity contribution in [3.8, 4) is 27.6 Å². The molecule has 9 nitrogen and oxygen atoms in total. The maximum atomic E-state index is 14.5. The number of rotatable bonds is 7. The van der Waals surface area contributed by atoms with E-state index >= 15 is 0 Å². The van der Waals surface area contributed by atoms with Crippen LogP contribution in [0.15, 0.2) is 59.7 Å². The minimum atomic E-state index is -3.61. The molecular formula is C25H21F2N5O4S2. The quantitative estimate of drug-likeness (QED) is 0.302. The van der Waals surface area contributed by atoms with Crippen LogP contribution in [0.1, 0.15) is 12.6 Å². The number of anilines is 1. The molecular weight excluding hydrogens is 536 g/mol. The van der Waals surface area contributed by atoms with E-state index in [0.29, 0.717) is 38.0 Å². The van der Waals surface area contributed by atoms with E-state index in [1.165, 1.54) is 35.0 Å². The molecule has 5 rings (SSSR count). The van der Waals surface area contributed by atoms with Gasteiger partial charge in [0.05, 0.1) is 17.6 Å². The number of benzene rings is 2. The second-order valence-electron chi connectivity index (χ2n) is 8.48. The van der Waals surface area contributed by atoms with Gasteiger partial charge in [-0.05, 0) is 50.2 Å². The molecule has 1 N–H and O–H groups in total. The third kappa shape index (κ3) is 4.89. The maximum absolute atomic E-state index is 14.5. The Kier molecular flexibility index (Phi) is 6.49. The first-order chi connectivity index (χ1) is 18.0. The van der Waals surface area contributed by atoms with Gasteiger partial charge in [0.2, 0.25) is 10.0 Å². The molecule has 0 aliphatic carbocycles. The summed E-state index contributed by atoms with van der Waals surface area (Å²) in [7, 11) is -2.01. The molecule has 0 radical (unpaired) electrons. The molecule has 196 valence electrons. The molecule has 3 aromatic heterocycles. The summed E-state index contributed by atoms with van der Waals surface area (Å²) in [6.45, 7) is 3.30. The molecule has 0 bridgehead atoms. The second kappa shape index (κ2) is 9.65. The third-order valence-corrected chi connectivity index (χ3v) is 8.14. The largest absolute Gasteiger partial charge is 0.454 e. The minimum absolute atomic E-state index is 0.142. The Bertz CT molecular complexity index is 1860. The number of pyridine rings is 1. The van der Waals surface area contributed by atoms with Gasteiger partial charge in [-0.3, -0.25) is 9.52 Å². The number of sulfonamides is 1. The number of thiophene rings is 1. The monoisotopic (exact) mass is 557 g/mol. The van der Waals surface area contributed by atoms with Gasteiger partial charge in [0.15, 0.2) is 11.6 Å². The Hall–Kier alpha value is -4.10. The van der Waals surface area contributed by atoms with Crippen molar-refractivity contribution in [2.75, 3.05) is 10.5 Å². The molecule has 0 unspecified atom stereocenters. The molecule has 0 atom stereocenters. The highest BCUT2D eigenvalue weighted by molar-refractivity contribution is 7.92. The van der Waals surface area contributed by atoms with E-state index in [1.807, 2.05) is 0 Å². The summed E-state index contributed by atoms with van der Waals surface area (Å²) in [5.74, 6) is -1.86. The molecule has 38 heavy (non-hydrogen) atoms. The van der Waals surface area contributed by atoms with Crippen molar-refractivity contribution in [1.82, 2.24) is 19.6 Å². The van der Waals surface area contributed by atoms with Crippen LogP contribution in [-0.2, 0) is 17.1 Å². The third-order valence-electron chi connectivity index (χ3n) is 5.72. The van der Waals surface area contributed by atoms with Crippen molar-refractivity contribution in [2.24, 2.45) is 7.05 Å². The lowest BCUT2D eigenvalue weighted by Gasteiger charge is -2.16. The SMILES string of the molecule is CCS(=O)(=O)Nc1ccc(Oc2ccc(F)cc2F)c(-c2cn(C)c(=O)c3sc(-n4cc(C)nn4)cc23)c1. The van der Waals surface area contributed by atoms with Gasteiger partial charge in [-0.15, -0.1) is 16.4 Å². The average Bonchev–Trinajstić information content (AvgIpc) is 3.51. The number of nitrogens with one attached hydrogen (secondary N) is 1. The Balaban J connectivity index is 1.74. The van der Waals surface area contributed by atoms with Gasteiger partial charge in [-0.2, -0.15) is 0 Å². The Labute approximate surface area is 220 Å². The summed E-state index contributed by atoms with van der Waals surface area (Å²) in [5, 5.41) is 9.28. The summed E-state index contributed by atoms with van der Waals surface area (Å²) in [6, 6.07) is 9.21. The van der Waals surface area contributed by atoms with Crippen molar-refractivity contribution in [3.05, 3.63) is 82.5 Å². The Morgan fingerprint density at radius 1 is 1.05 bits per heavy atom. The van der Waals surface area contributed by atoms with E-state index in [1.54, 1.807) is 43.2 Å². The van der Waals surface area contributed by atoms with Crippen LogP contribution in [0.4, 0.5) is 14.5 Å². The van der Waals surface area contributed by atoms with Gasteiger partial charge in [-0.25, -0.2) is 21.9 Å². The zero-order valence-electron chi connectivity index (χ0n) is 20.4. The number of halogens is 2. The lowest BCUT2D eigenvalue weighted by molar-refractivity contribution is 0.439. The van der Waals surface area contributed by atoms with Gasteiger partial charge in [0, 0.05) is 41.5 Å². The van der Waals surface area contributed by atoms with Crippen LogP contribution in [0.2, 0.25) is 0 Å². The first kappa shape index (κ1) is 25.5. The topological polar surface area (TPSA) is 108 Å². The molecule has 0 spiro atoms. The highest BCUT2D eigenvalue weighted by Crippen LogP contribution is 2.41. The summed E-state index contributed by atoms with van der Waals surface area (Å²) in [6.07, 6.45) is 3.32. The summed E-state index contributed by atoms with van der Waals surface area (Å²) < 4.78 is 64.2. The fourth-order valence-electron chi connectivity index (χ4n) is 3.82. The van der Waals surface area contributed by atoms with Crippen molar-refractivity contribution in [1.29, 1.82) is 0 Å². The smallest absolute Gasteiger partial charge is 0.268 e. The lowest BCUT2D eigenvalue weighted by Crippen LogP contribution is -2.16. The molecule has 0 saturated heterocycles. The number of aryl methyl sites for hydroxylation is 2. The van der Waals surface area contributed by atoms with E-state index < -0.39 is 21.7 Å². The number of hydrogen-bond donors (Lipinski definition) is 1. The zero-order valence-corrected chi connectivity index (χ0v) is 22.0. The summed E-state index contributed by atoms with van der Waals surface area (Å²) in [4.78, 5) is 13.0. The number of ether oxygens (including phenoxy) is 1. The van der Waals surface area contributed by atoms with E-state index in [9.17, 15) is 22.0 Å². The molecule has 0 amide bonds. The normalized spacial score (nSPS) is 11.7. The van der Waals surface area contributed by atoms with Crippen LogP contribution >= 0.6 is 11.3 Å². The molecule has 2 aromatic carbocycles. The zero-order chi connectivity index (χ0) is 27.2. The summed E-state index contributed by atoms with van der Waals surface area (Å²) in [5.41, 5.74) is 1.61. The first-order valence-corrected chi connectivity index (χ1v) is 13.8. The van der Waals surface area contributed by atoms with Gasteiger partial charge >= 0.3 is 0 Å². The number of hydrogen-bond acceptors (Lipinski definition) is 7. The first-order valence-electron chi connectivity index (χ1n) is 11.3. The molecule has 0 fully saturated rings. The van der Waals surface area contributed by atoms with Crippen molar-refractivity contribution < 1.29 is 21.9 Å². The van der Waals surface area contributed by atoms with Crippen molar-refractivity contribution in [3.63, 3.8) is 0 Å². The Morgan fingerprint density at radius 2 is 1.82 bits per heavy atom. The predicted molar refractivity (Wildman–Crippen MR) is 142 cm³/mol. The molecule has 0 aliphatic rings. The molecule has 0 saturated carbocycles. The second-order valence-corrected chi connectivity index (χ2v) is 11.5. The van der Waals surface area contributed by atoms with Crippen LogP contribution in [0.3, 0.4) is 0 Å². The van der Waals surface area contributed by atoms with Gasteiger partial charge in [0.1, 0.15) is 21.3 Å². The summed E-state index contributed by atoms with van der Waals surface area (Å²) >= 11 is 1.22.